The minimum absolute atomic E-state index is 0.241. The van der Waals surface area contributed by atoms with E-state index in [1.807, 2.05) is 79.7 Å². The maximum atomic E-state index is 13.7. The summed E-state index contributed by atoms with van der Waals surface area (Å²) in [7, 11) is 1.61. The Morgan fingerprint density at radius 2 is 1.92 bits per heavy atom. The zero-order valence-electron chi connectivity index (χ0n) is 20.0. The van der Waals surface area contributed by atoms with Crippen LogP contribution in [0.5, 0.6) is 5.75 Å². The molecule has 1 atom stereocenters. The molecule has 1 aliphatic heterocycles. The molecule has 1 aromatic heterocycles. The first-order valence-electron chi connectivity index (χ1n) is 11.4. The Kier molecular flexibility index (Phi) is 7.55. The summed E-state index contributed by atoms with van der Waals surface area (Å²) in [6.07, 6.45) is 0. The van der Waals surface area contributed by atoms with Crippen molar-refractivity contribution >= 4 is 56.8 Å². The Hall–Kier alpha value is -3.27. The molecule has 37 heavy (non-hydrogen) atoms. The van der Waals surface area contributed by atoms with Gasteiger partial charge in [-0.3, -0.25) is 4.79 Å². The van der Waals surface area contributed by atoms with Crippen molar-refractivity contribution in [1.29, 1.82) is 0 Å². The molecule has 0 saturated carbocycles. The number of nitrogens with zero attached hydrogens (tertiary/aromatic N) is 3. The van der Waals surface area contributed by atoms with Crippen molar-refractivity contribution in [1.82, 2.24) is 14.8 Å². The van der Waals surface area contributed by atoms with Gasteiger partial charge in [-0.1, -0.05) is 75.7 Å². The van der Waals surface area contributed by atoms with Crippen LogP contribution in [0.3, 0.4) is 0 Å². The van der Waals surface area contributed by atoms with Gasteiger partial charge in [0.1, 0.15) is 11.8 Å². The van der Waals surface area contributed by atoms with Gasteiger partial charge >= 0.3 is 0 Å². The number of methoxy groups -OCH3 is 1. The minimum atomic E-state index is -0.574. The van der Waals surface area contributed by atoms with Gasteiger partial charge in [-0.2, -0.15) is 4.98 Å². The van der Waals surface area contributed by atoms with Crippen LogP contribution in [-0.2, 0) is 10.5 Å². The van der Waals surface area contributed by atoms with E-state index in [1.165, 1.54) is 11.8 Å². The van der Waals surface area contributed by atoms with Crippen molar-refractivity contribution in [2.75, 3.05) is 17.7 Å². The Morgan fingerprint density at radius 1 is 1.16 bits per heavy atom. The summed E-state index contributed by atoms with van der Waals surface area (Å²) in [4.78, 5) is 18.4. The van der Waals surface area contributed by atoms with E-state index in [1.54, 1.807) is 11.8 Å². The number of halogens is 2. The highest BCUT2D eigenvalue weighted by atomic mass is 79.9. The van der Waals surface area contributed by atoms with Crippen LogP contribution >= 0.6 is 39.3 Å². The summed E-state index contributed by atoms with van der Waals surface area (Å²) in [5.74, 6) is 1.55. The average Bonchev–Trinajstić information content (AvgIpc) is 3.30. The molecule has 0 saturated heterocycles. The number of allylic oxidation sites excluding steroid dienone is 1. The largest absolute Gasteiger partial charge is 0.496 e. The number of carbonyl (C=O) groups excluding carboxylic acids is 1. The minimum Gasteiger partial charge on any atom is -0.496 e. The van der Waals surface area contributed by atoms with Gasteiger partial charge in [-0.05, 0) is 48.9 Å². The van der Waals surface area contributed by atoms with Gasteiger partial charge in [0.25, 0.3) is 5.91 Å². The molecule has 188 valence electrons. The first-order valence-corrected chi connectivity index (χ1v) is 13.6. The van der Waals surface area contributed by atoms with Gasteiger partial charge in [0, 0.05) is 32.2 Å². The molecule has 5 rings (SSSR count). The maximum absolute atomic E-state index is 13.7. The second-order valence-corrected chi connectivity index (χ2v) is 10.6. The summed E-state index contributed by atoms with van der Waals surface area (Å²) in [5.41, 5.74) is 3.68. The van der Waals surface area contributed by atoms with Crippen molar-refractivity contribution in [2.45, 2.75) is 23.9 Å². The smallest absolute Gasteiger partial charge is 0.255 e. The number of anilines is 2. The fourth-order valence-electron chi connectivity index (χ4n) is 4.17. The number of amides is 1. The summed E-state index contributed by atoms with van der Waals surface area (Å²) in [5, 5.41) is 12.4. The van der Waals surface area contributed by atoms with Crippen molar-refractivity contribution in [2.24, 2.45) is 0 Å². The molecule has 3 aromatic carbocycles. The Bertz CT molecular complexity index is 1490. The highest BCUT2D eigenvalue weighted by molar-refractivity contribution is 9.10. The normalized spacial score (nSPS) is 14.6. The quantitative estimate of drug-likeness (QED) is 0.225. The molecule has 7 nitrogen and oxygen atoms in total. The highest BCUT2D eigenvalue weighted by Gasteiger charge is 2.36. The van der Waals surface area contributed by atoms with Crippen LogP contribution in [0.25, 0.3) is 0 Å². The monoisotopic (exact) mass is 595 g/mol. The van der Waals surface area contributed by atoms with E-state index in [9.17, 15) is 4.79 Å². The van der Waals surface area contributed by atoms with Crippen LogP contribution in [-0.4, -0.2) is 27.8 Å². The van der Waals surface area contributed by atoms with Crippen molar-refractivity contribution in [3.8, 4) is 5.75 Å². The van der Waals surface area contributed by atoms with Gasteiger partial charge < -0.3 is 15.4 Å². The third-order valence-corrected chi connectivity index (χ3v) is 7.66. The first-order chi connectivity index (χ1) is 17.9. The first kappa shape index (κ1) is 25.4. The Labute approximate surface area is 232 Å². The maximum Gasteiger partial charge on any atom is 0.255 e. The van der Waals surface area contributed by atoms with Crippen LogP contribution in [0, 0.1) is 0 Å². The average molecular weight is 597 g/mol. The second kappa shape index (κ2) is 11.0. The molecular formula is C27H23BrClN5O2S. The predicted molar refractivity (Wildman–Crippen MR) is 151 cm³/mol. The van der Waals surface area contributed by atoms with E-state index in [0.717, 1.165) is 15.6 Å². The van der Waals surface area contributed by atoms with E-state index in [2.05, 4.69) is 26.6 Å². The molecule has 0 spiro atoms. The molecule has 1 amide bonds. The van der Waals surface area contributed by atoms with Crippen molar-refractivity contribution in [3.63, 3.8) is 0 Å². The zero-order chi connectivity index (χ0) is 25.9. The van der Waals surface area contributed by atoms with Crippen molar-refractivity contribution < 1.29 is 9.53 Å². The van der Waals surface area contributed by atoms with Crippen LogP contribution < -0.4 is 15.4 Å². The van der Waals surface area contributed by atoms with Crippen LogP contribution in [0.15, 0.2) is 93.7 Å². The number of rotatable bonds is 7. The number of thioether (sulfide) groups is 1. The molecule has 0 radical (unpaired) electrons. The number of carbonyl (C=O) groups is 1. The summed E-state index contributed by atoms with van der Waals surface area (Å²) in [6.45, 7) is 1.87. The molecule has 10 heteroatoms. The van der Waals surface area contributed by atoms with Gasteiger partial charge in [0.2, 0.25) is 11.1 Å². The Morgan fingerprint density at radius 3 is 2.68 bits per heavy atom. The molecule has 1 aliphatic rings. The predicted octanol–water partition coefficient (Wildman–Crippen LogP) is 6.92. The SMILES string of the molecule is COc1ccc(Br)cc1C1C(C(=O)Nc2ccccc2)=C(C)Nc2nc(SCc3ccccc3Cl)nn21. The Balaban J connectivity index is 1.55. The van der Waals surface area contributed by atoms with E-state index in [4.69, 9.17) is 26.4 Å². The highest BCUT2D eigenvalue weighted by Crippen LogP contribution is 2.41. The molecule has 0 aliphatic carbocycles. The lowest BCUT2D eigenvalue weighted by molar-refractivity contribution is -0.113. The van der Waals surface area contributed by atoms with E-state index >= 15 is 0 Å². The molecule has 2 N–H and O–H groups in total. The third-order valence-electron chi connectivity index (χ3n) is 5.91. The molecule has 0 bridgehead atoms. The lowest BCUT2D eigenvalue weighted by Crippen LogP contribution is -2.31. The van der Waals surface area contributed by atoms with Gasteiger partial charge in [0.15, 0.2) is 0 Å². The number of benzene rings is 3. The summed E-state index contributed by atoms with van der Waals surface area (Å²) in [6, 6.07) is 22.2. The number of nitrogens with one attached hydrogen (secondary N) is 2. The van der Waals surface area contributed by atoms with Crippen LogP contribution in [0.4, 0.5) is 11.6 Å². The van der Waals surface area contributed by atoms with Crippen molar-refractivity contribution in [3.05, 3.63) is 105 Å². The third kappa shape index (κ3) is 5.39. The van der Waals surface area contributed by atoms with Crippen LogP contribution in [0.1, 0.15) is 24.1 Å². The number of fused-ring (bicyclic) bond motifs is 1. The second-order valence-electron chi connectivity index (χ2n) is 8.32. The number of ether oxygens (including phenoxy) is 1. The fourth-order valence-corrected chi connectivity index (χ4v) is 5.66. The topological polar surface area (TPSA) is 81.1 Å². The molecule has 1 unspecified atom stereocenters. The molecule has 4 aromatic rings. The standard InChI is InChI=1S/C27H23BrClN5O2S/c1-16-23(25(35)31-19-9-4-3-5-10-19)24(20-14-18(28)12-13-22(20)36-2)34-26(30-16)32-27(33-34)37-15-17-8-6-7-11-21(17)29/h3-14,24H,15H2,1-2H3,(H,31,35)(H,30,32,33). The van der Waals surface area contributed by atoms with E-state index in [-0.39, 0.29) is 5.91 Å². The van der Waals surface area contributed by atoms with Gasteiger partial charge in [0.05, 0.1) is 12.7 Å². The lowest BCUT2D eigenvalue weighted by Gasteiger charge is -2.29. The fraction of sp³-hybridized carbons (Fsp3) is 0.148. The van der Waals surface area contributed by atoms with Crippen LogP contribution in [0.2, 0.25) is 5.02 Å². The molecule has 2 heterocycles. The number of hydrogen-bond acceptors (Lipinski definition) is 6. The van der Waals surface area contributed by atoms with E-state index < -0.39 is 6.04 Å². The number of hydrogen-bond donors (Lipinski definition) is 2. The zero-order valence-corrected chi connectivity index (χ0v) is 23.2. The van der Waals surface area contributed by atoms with Gasteiger partial charge in [-0.25, -0.2) is 4.68 Å². The summed E-state index contributed by atoms with van der Waals surface area (Å²) < 4.78 is 8.30. The summed E-state index contributed by atoms with van der Waals surface area (Å²) >= 11 is 11.4. The molecule has 0 fully saturated rings. The number of aromatic nitrogens is 3. The lowest BCUT2D eigenvalue weighted by atomic mass is 9.94. The van der Waals surface area contributed by atoms with E-state index in [0.29, 0.717) is 44.6 Å². The van der Waals surface area contributed by atoms with Gasteiger partial charge in [-0.15, -0.1) is 5.10 Å². The molecular weight excluding hydrogens is 574 g/mol. The number of para-hydroxylation sites is 1.